The maximum atomic E-state index is 11.0. The van der Waals surface area contributed by atoms with Gasteiger partial charge in [0.25, 0.3) is 0 Å². The van der Waals surface area contributed by atoms with E-state index in [4.69, 9.17) is 10.2 Å². The molecule has 0 fully saturated rings. The van der Waals surface area contributed by atoms with Gasteiger partial charge in [-0.2, -0.15) is 0 Å². The van der Waals surface area contributed by atoms with E-state index in [0.717, 1.165) is 22.3 Å². The van der Waals surface area contributed by atoms with Crippen LogP contribution in [0.15, 0.2) is 59.7 Å². The smallest absolute Gasteiger partial charge is 0.331 e. The van der Waals surface area contributed by atoms with Crippen molar-refractivity contribution in [2.45, 2.75) is 20.3 Å². The highest BCUT2D eigenvalue weighted by Gasteiger charge is 2.05. The van der Waals surface area contributed by atoms with Gasteiger partial charge in [-0.3, -0.25) is 0 Å². The molecule has 2 aromatic carbocycles. The molecule has 128 valence electrons. The third kappa shape index (κ3) is 5.18. The Morgan fingerprint density at radius 1 is 0.840 bits per heavy atom. The first-order chi connectivity index (χ1) is 11.9. The summed E-state index contributed by atoms with van der Waals surface area (Å²) in [7, 11) is 0. The van der Waals surface area contributed by atoms with Crippen LogP contribution < -0.4 is 0 Å². The van der Waals surface area contributed by atoms with Gasteiger partial charge in [-0.15, -0.1) is 0 Å². The van der Waals surface area contributed by atoms with Crippen molar-refractivity contribution >= 4 is 24.1 Å². The fourth-order valence-corrected chi connectivity index (χ4v) is 2.39. The number of aliphatic carboxylic acids is 2. The zero-order valence-electron chi connectivity index (χ0n) is 14.2. The van der Waals surface area contributed by atoms with Crippen LogP contribution in [0.2, 0.25) is 0 Å². The van der Waals surface area contributed by atoms with Crippen LogP contribution in [-0.2, 0) is 16.0 Å². The molecule has 0 unspecified atom stereocenters. The summed E-state index contributed by atoms with van der Waals surface area (Å²) < 4.78 is 0. The Bertz CT molecular complexity index is 842. The van der Waals surface area contributed by atoms with Gasteiger partial charge >= 0.3 is 11.9 Å². The lowest BCUT2D eigenvalue weighted by atomic mass is 9.97. The van der Waals surface area contributed by atoms with E-state index in [2.05, 4.69) is 0 Å². The predicted molar refractivity (Wildman–Crippen MR) is 98.3 cm³/mol. The Labute approximate surface area is 146 Å². The van der Waals surface area contributed by atoms with Crippen LogP contribution in [-0.4, -0.2) is 22.2 Å². The van der Waals surface area contributed by atoms with Gasteiger partial charge in [0.1, 0.15) is 0 Å². The normalized spacial score (nSPS) is 12.1. The number of carbonyl (C=O) groups is 2. The average molecular weight is 336 g/mol. The highest BCUT2D eigenvalue weighted by molar-refractivity contribution is 5.92. The second kappa shape index (κ2) is 8.11. The monoisotopic (exact) mass is 336 g/mol. The topological polar surface area (TPSA) is 74.6 Å². The number of benzene rings is 2. The lowest BCUT2D eigenvalue weighted by molar-refractivity contribution is -0.133. The number of hydrogen-bond acceptors (Lipinski definition) is 2. The van der Waals surface area contributed by atoms with Crippen molar-refractivity contribution in [3.63, 3.8) is 0 Å². The summed E-state index contributed by atoms with van der Waals surface area (Å²) in [4.78, 5) is 21.9. The summed E-state index contributed by atoms with van der Waals surface area (Å²) >= 11 is 0. The molecule has 0 aromatic heterocycles. The van der Waals surface area contributed by atoms with Gasteiger partial charge < -0.3 is 10.2 Å². The second-order valence-electron chi connectivity index (χ2n) is 5.88. The van der Waals surface area contributed by atoms with E-state index in [9.17, 15) is 9.59 Å². The maximum Gasteiger partial charge on any atom is 0.331 e. The molecule has 0 saturated carbocycles. The third-order valence-corrected chi connectivity index (χ3v) is 3.86. The number of carboxylic acid groups (broad SMARTS) is 2. The summed E-state index contributed by atoms with van der Waals surface area (Å²) in [5, 5.41) is 18.0. The minimum Gasteiger partial charge on any atom is -0.478 e. The van der Waals surface area contributed by atoms with Gasteiger partial charge in [0, 0.05) is 11.1 Å². The van der Waals surface area contributed by atoms with Gasteiger partial charge in [0.15, 0.2) is 0 Å². The van der Waals surface area contributed by atoms with Crippen molar-refractivity contribution in [1.29, 1.82) is 0 Å². The summed E-state index contributed by atoms with van der Waals surface area (Å²) in [5.74, 6) is -1.86. The first-order valence-corrected chi connectivity index (χ1v) is 7.87. The molecule has 0 atom stereocenters. The molecule has 2 rings (SSSR count). The summed E-state index contributed by atoms with van der Waals surface area (Å²) in [6, 6.07) is 15.3. The van der Waals surface area contributed by atoms with E-state index < -0.39 is 11.9 Å². The maximum absolute atomic E-state index is 11.0. The molecule has 25 heavy (non-hydrogen) atoms. The Balaban J connectivity index is 2.24. The molecule has 2 aromatic rings. The predicted octanol–water partition coefficient (Wildman–Crippen LogP) is 4.25. The Hall–Kier alpha value is -3.14. The second-order valence-corrected chi connectivity index (χ2v) is 5.88. The van der Waals surface area contributed by atoms with Gasteiger partial charge in [-0.05, 0) is 54.7 Å². The van der Waals surface area contributed by atoms with E-state index in [0.29, 0.717) is 6.42 Å². The molecular formula is C21H20O4. The highest BCUT2D eigenvalue weighted by Crippen LogP contribution is 2.18. The standard InChI is InChI=1S/C21H20O4/c1-14(20(22)23)11-16-7-9-17(10-8-16)13-19-6-4-3-5-18(19)12-15(2)21(24)25/h3-12H,13H2,1-2H3,(H,22,23)(H,24,25). The van der Waals surface area contributed by atoms with E-state index in [-0.39, 0.29) is 11.1 Å². The molecule has 0 spiro atoms. The molecular weight excluding hydrogens is 316 g/mol. The third-order valence-electron chi connectivity index (χ3n) is 3.86. The minimum atomic E-state index is -0.932. The Morgan fingerprint density at radius 3 is 2.00 bits per heavy atom. The zero-order valence-corrected chi connectivity index (χ0v) is 14.2. The molecule has 0 radical (unpaired) electrons. The van der Waals surface area contributed by atoms with Crippen LogP contribution in [0.4, 0.5) is 0 Å². The fourth-order valence-electron chi connectivity index (χ4n) is 2.39. The van der Waals surface area contributed by atoms with Gasteiger partial charge in [-0.1, -0.05) is 48.5 Å². The SMILES string of the molecule is CC(=Cc1ccc(Cc2ccccc2C=C(C)C(=O)O)cc1)C(=O)O. The highest BCUT2D eigenvalue weighted by atomic mass is 16.4. The van der Waals surface area contributed by atoms with Crippen molar-refractivity contribution in [3.05, 3.63) is 81.9 Å². The van der Waals surface area contributed by atoms with Crippen molar-refractivity contribution in [3.8, 4) is 0 Å². The van der Waals surface area contributed by atoms with E-state index in [1.54, 1.807) is 26.0 Å². The Kier molecular flexibility index (Phi) is 5.90. The molecule has 0 aliphatic carbocycles. The Morgan fingerprint density at radius 2 is 1.40 bits per heavy atom. The molecule has 0 amide bonds. The lowest BCUT2D eigenvalue weighted by Gasteiger charge is -2.08. The van der Waals surface area contributed by atoms with E-state index in [1.807, 2.05) is 48.5 Å². The van der Waals surface area contributed by atoms with Crippen molar-refractivity contribution in [1.82, 2.24) is 0 Å². The number of hydrogen-bond donors (Lipinski definition) is 2. The zero-order chi connectivity index (χ0) is 18.4. The molecule has 0 heterocycles. The van der Waals surface area contributed by atoms with Crippen LogP contribution in [0.5, 0.6) is 0 Å². The van der Waals surface area contributed by atoms with Crippen molar-refractivity contribution < 1.29 is 19.8 Å². The largest absolute Gasteiger partial charge is 0.478 e. The van der Waals surface area contributed by atoms with Crippen LogP contribution in [0.3, 0.4) is 0 Å². The molecule has 0 saturated heterocycles. The van der Waals surface area contributed by atoms with E-state index >= 15 is 0 Å². The summed E-state index contributed by atoms with van der Waals surface area (Å²) in [5.41, 5.74) is 4.39. The molecule has 4 nitrogen and oxygen atoms in total. The van der Waals surface area contributed by atoms with Crippen LogP contribution in [0, 0.1) is 0 Å². The number of carboxylic acids is 2. The summed E-state index contributed by atoms with van der Waals surface area (Å²) in [6.07, 6.45) is 3.96. The fraction of sp³-hybridized carbons (Fsp3) is 0.143. The lowest BCUT2D eigenvalue weighted by Crippen LogP contribution is -1.98. The van der Waals surface area contributed by atoms with Gasteiger partial charge in [0.2, 0.25) is 0 Å². The minimum absolute atomic E-state index is 0.285. The van der Waals surface area contributed by atoms with Gasteiger partial charge in [-0.25, -0.2) is 9.59 Å². The first-order valence-electron chi connectivity index (χ1n) is 7.87. The molecule has 0 bridgehead atoms. The molecule has 0 aliphatic heterocycles. The van der Waals surface area contributed by atoms with Gasteiger partial charge in [0.05, 0.1) is 0 Å². The first kappa shape index (κ1) is 18.2. The van der Waals surface area contributed by atoms with Crippen LogP contribution in [0.1, 0.15) is 36.1 Å². The van der Waals surface area contributed by atoms with Crippen LogP contribution >= 0.6 is 0 Å². The summed E-state index contributed by atoms with van der Waals surface area (Å²) in [6.45, 7) is 3.13. The molecule has 4 heteroatoms. The van der Waals surface area contributed by atoms with E-state index in [1.165, 1.54) is 0 Å². The van der Waals surface area contributed by atoms with Crippen LogP contribution in [0.25, 0.3) is 12.2 Å². The molecule has 0 aliphatic rings. The number of rotatable bonds is 6. The molecule has 2 N–H and O–H groups in total. The quantitative estimate of drug-likeness (QED) is 0.773. The van der Waals surface area contributed by atoms with Crippen molar-refractivity contribution in [2.75, 3.05) is 0 Å². The average Bonchev–Trinajstić information content (AvgIpc) is 2.58. The van der Waals surface area contributed by atoms with Crippen molar-refractivity contribution in [2.24, 2.45) is 0 Å².